The van der Waals surface area contributed by atoms with Crippen molar-refractivity contribution in [3.05, 3.63) is 99.9 Å². The number of benzene rings is 2. The van der Waals surface area contributed by atoms with Crippen LogP contribution in [0, 0.1) is 0 Å². The van der Waals surface area contributed by atoms with Gasteiger partial charge in [-0.05, 0) is 60.1 Å². The van der Waals surface area contributed by atoms with E-state index in [1.54, 1.807) is 7.11 Å². The number of carbonyl (C=O) groups excluding carboxylic acids is 1. The molecule has 1 saturated heterocycles. The largest absolute Gasteiger partial charge is 0.378 e. The molecule has 6 rings (SSSR count). The second-order valence-electron chi connectivity index (χ2n) is 9.63. The van der Waals surface area contributed by atoms with Gasteiger partial charge in [-0.25, -0.2) is 0 Å². The Hall–Kier alpha value is -3.06. The van der Waals surface area contributed by atoms with E-state index in [0.29, 0.717) is 5.56 Å². The first-order valence-corrected chi connectivity index (χ1v) is 13.1. The van der Waals surface area contributed by atoms with Crippen molar-refractivity contribution in [2.24, 2.45) is 0 Å². The fourth-order valence-electron chi connectivity index (χ4n) is 6.19. The van der Waals surface area contributed by atoms with E-state index in [-0.39, 0.29) is 23.5 Å². The average molecular weight is 484 g/mol. The molecule has 1 spiro atoms. The van der Waals surface area contributed by atoms with Crippen molar-refractivity contribution >= 4 is 28.1 Å². The van der Waals surface area contributed by atoms with Gasteiger partial charge in [0, 0.05) is 36.0 Å². The molecule has 1 fully saturated rings. The molecule has 35 heavy (non-hydrogen) atoms. The molecule has 1 amide bonds. The van der Waals surface area contributed by atoms with Crippen LogP contribution in [0.3, 0.4) is 0 Å². The Morgan fingerprint density at radius 3 is 2.74 bits per heavy atom. The van der Waals surface area contributed by atoms with E-state index in [1.165, 1.54) is 33.4 Å². The second kappa shape index (κ2) is 9.19. The van der Waals surface area contributed by atoms with Gasteiger partial charge >= 0.3 is 0 Å². The first-order chi connectivity index (χ1) is 17.2. The number of pyridine rings is 1. The minimum atomic E-state index is -0.155. The third-order valence-corrected chi connectivity index (χ3v) is 8.55. The van der Waals surface area contributed by atoms with Gasteiger partial charge in [-0.15, -0.1) is 0 Å². The van der Waals surface area contributed by atoms with Crippen molar-refractivity contribution in [2.45, 2.75) is 36.9 Å². The summed E-state index contributed by atoms with van der Waals surface area (Å²) in [5.41, 5.74) is 5.48. The number of likely N-dealkylation sites (tertiary alicyclic amines) is 1. The number of para-hydroxylation sites is 1. The molecule has 1 aliphatic heterocycles. The zero-order valence-corrected chi connectivity index (χ0v) is 20.6. The molecule has 178 valence electrons. The fourth-order valence-corrected chi connectivity index (χ4v) is 6.83. The molecule has 0 unspecified atom stereocenters. The minimum absolute atomic E-state index is 0.0361. The molecular weight excluding hydrogens is 454 g/mol. The Kier molecular flexibility index (Phi) is 5.88. The Balaban J connectivity index is 1.25. The van der Waals surface area contributed by atoms with Crippen molar-refractivity contribution < 1.29 is 9.53 Å². The summed E-state index contributed by atoms with van der Waals surface area (Å²) in [5, 5.41) is 8.32. The molecule has 0 radical (unpaired) electrons. The summed E-state index contributed by atoms with van der Waals surface area (Å²) in [6.07, 6.45) is 3.76. The molecule has 5 nitrogen and oxygen atoms in total. The predicted molar refractivity (Wildman–Crippen MR) is 140 cm³/mol. The number of aromatic nitrogens is 1. The number of rotatable bonds is 5. The maximum atomic E-state index is 13.0. The average Bonchev–Trinajstić information content (AvgIpc) is 3.52. The van der Waals surface area contributed by atoms with Crippen LogP contribution in [0.2, 0.25) is 0 Å². The number of carbonyl (C=O) groups is 1. The van der Waals surface area contributed by atoms with Crippen LogP contribution in [-0.2, 0) is 16.7 Å². The van der Waals surface area contributed by atoms with E-state index in [4.69, 9.17) is 4.74 Å². The maximum absolute atomic E-state index is 13.0. The monoisotopic (exact) mass is 483 g/mol. The molecule has 6 heteroatoms. The van der Waals surface area contributed by atoms with Crippen LogP contribution in [0.15, 0.2) is 77.6 Å². The van der Waals surface area contributed by atoms with Gasteiger partial charge in [-0.3, -0.25) is 14.7 Å². The first-order valence-electron chi connectivity index (χ1n) is 12.2. The first kappa shape index (κ1) is 22.4. The second-order valence-corrected chi connectivity index (χ2v) is 10.4. The number of nitrogens with one attached hydrogen (secondary N) is 1. The number of ether oxygens (including phenoxy) is 1. The molecule has 1 aliphatic carbocycles. The molecule has 0 saturated carbocycles. The summed E-state index contributed by atoms with van der Waals surface area (Å²) in [7, 11) is 1.79. The Labute approximate surface area is 209 Å². The van der Waals surface area contributed by atoms with Crippen LogP contribution < -0.4 is 5.32 Å². The standard InChI is InChI=1S/C29H29N3O2S/c1-34-27-26(31-28(33)22-11-17-35-19-22)23-9-2-3-10-24(23)29(27)12-15-32(16-13-29)18-21-7-4-6-20-8-5-14-30-25(20)21/h2-11,14,17,19,26-27H,12-13,15-16,18H2,1H3,(H,31,33)/t26-,27+/m0/s1. The molecule has 2 aliphatic rings. The number of thiophene rings is 1. The summed E-state index contributed by atoms with van der Waals surface area (Å²) in [5.74, 6) is -0.0361. The number of amides is 1. The highest BCUT2D eigenvalue weighted by Gasteiger charge is 2.54. The SMILES string of the molecule is CO[C@@H]1[C@@H](NC(=O)c2ccsc2)c2ccccc2C12CCN(Cc1cccc3cccnc13)CC2. The van der Waals surface area contributed by atoms with E-state index in [1.807, 2.05) is 29.1 Å². The van der Waals surface area contributed by atoms with Crippen molar-refractivity contribution in [1.29, 1.82) is 0 Å². The Bertz CT molecular complexity index is 1340. The summed E-state index contributed by atoms with van der Waals surface area (Å²) in [4.78, 5) is 20.2. The summed E-state index contributed by atoms with van der Waals surface area (Å²) < 4.78 is 6.19. The maximum Gasteiger partial charge on any atom is 0.252 e. The van der Waals surface area contributed by atoms with Gasteiger partial charge in [-0.2, -0.15) is 11.3 Å². The van der Waals surface area contributed by atoms with Crippen molar-refractivity contribution in [2.75, 3.05) is 20.2 Å². The van der Waals surface area contributed by atoms with Gasteiger partial charge in [0.25, 0.3) is 5.91 Å². The summed E-state index contributed by atoms with van der Waals surface area (Å²) in [6, 6.07) is 20.9. The number of nitrogens with zero attached hydrogens (tertiary/aromatic N) is 2. The molecule has 2 atom stereocenters. The zero-order valence-electron chi connectivity index (χ0n) is 19.8. The number of fused-ring (bicyclic) bond motifs is 3. The minimum Gasteiger partial charge on any atom is -0.378 e. The molecule has 0 bridgehead atoms. The van der Waals surface area contributed by atoms with Gasteiger partial charge in [0.05, 0.1) is 23.2 Å². The van der Waals surface area contributed by atoms with E-state index in [2.05, 4.69) is 63.7 Å². The van der Waals surface area contributed by atoms with Crippen LogP contribution in [0.5, 0.6) is 0 Å². The van der Waals surface area contributed by atoms with Crippen LogP contribution >= 0.6 is 11.3 Å². The van der Waals surface area contributed by atoms with E-state index >= 15 is 0 Å². The highest BCUT2D eigenvalue weighted by atomic mass is 32.1. The number of hydrogen-bond donors (Lipinski definition) is 1. The van der Waals surface area contributed by atoms with Crippen LogP contribution in [-0.4, -0.2) is 42.1 Å². The third kappa shape index (κ3) is 3.86. The number of hydrogen-bond acceptors (Lipinski definition) is 5. The van der Waals surface area contributed by atoms with E-state index < -0.39 is 0 Å². The van der Waals surface area contributed by atoms with Crippen LogP contribution in [0.25, 0.3) is 10.9 Å². The Morgan fingerprint density at radius 2 is 1.94 bits per heavy atom. The third-order valence-electron chi connectivity index (χ3n) is 7.86. The number of methoxy groups -OCH3 is 1. The summed E-state index contributed by atoms with van der Waals surface area (Å²) >= 11 is 1.54. The van der Waals surface area contributed by atoms with Gasteiger partial charge in [0.2, 0.25) is 0 Å². The molecule has 2 aromatic heterocycles. The molecule has 2 aromatic carbocycles. The van der Waals surface area contributed by atoms with E-state index in [9.17, 15) is 4.79 Å². The smallest absolute Gasteiger partial charge is 0.252 e. The van der Waals surface area contributed by atoms with Crippen molar-refractivity contribution in [1.82, 2.24) is 15.2 Å². The number of piperidine rings is 1. The lowest BCUT2D eigenvalue weighted by Crippen LogP contribution is -2.50. The van der Waals surface area contributed by atoms with Gasteiger partial charge in [0.1, 0.15) is 0 Å². The Morgan fingerprint density at radius 1 is 1.11 bits per heavy atom. The predicted octanol–water partition coefficient (Wildman–Crippen LogP) is 5.33. The van der Waals surface area contributed by atoms with Gasteiger partial charge in [0.15, 0.2) is 0 Å². The van der Waals surface area contributed by atoms with Gasteiger partial charge < -0.3 is 10.1 Å². The van der Waals surface area contributed by atoms with Crippen molar-refractivity contribution in [3.63, 3.8) is 0 Å². The molecule has 1 N–H and O–H groups in total. The fraction of sp³-hybridized carbons (Fsp3) is 0.310. The van der Waals surface area contributed by atoms with Crippen LogP contribution in [0.4, 0.5) is 0 Å². The lowest BCUT2D eigenvalue weighted by molar-refractivity contribution is -0.0121. The van der Waals surface area contributed by atoms with E-state index in [0.717, 1.165) is 38.0 Å². The highest BCUT2D eigenvalue weighted by molar-refractivity contribution is 7.08. The topological polar surface area (TPSA) is 54.5 Å². The lowest BCUT2D eigenvalue weighted by atomic mass is 9.71. The lowest BCUT2D eigenvalue weighted by Gasteiger charge is -2.44. The van der Waals surface area contributed by atoms with Crippen LogP contribution in [0.1, 0.15) is 45.9 Å². The molecule has 4 aromatic rings. The van der Waals surface area contributed by atoms with Crippen molar-refractivity contribution in [3.8, 4) is 0 Å². The summed E-state index contributed by atoms with van der Waals surface area (Å²) in [6.45, 7) is 2.84. The quantitative estimate of drug-likeness (QED) is 0.417. The van der Waals surface area contributed by atoms with Gasteiger partial charge in [-0.1, -0.05) is 48.5 Å². The molecule has 3 heterocycles. The zero-order chi connectivity index (χ0) is 23.8. The normalized spacial score (nSPS) is 21.3. The molecular formula is C29H29N3O2S. The highest BCUT2D eigenvalue weighted by Crippen LogP contribution is 2.52.